The molecule has 0 bridgehead atoms. The van der Waals surface area contributed by atoms with E-state index < -0.39 is 11.8 Å². The predicted molar refractivity (Wildman–Crippen MR) is 92.1 cm³/mol. The molecule has 7 heteroatoms. The van der Waals surface area contributed by atoms with Gasteiger partial charge in [0.15, 0.2) is 5.82 Å². The van der Waals surface area contributed by atoms with E-state index in [9.17, 15) is 9.59 Å². The molecule has 0 unspecified atom stereocenters. The Morgan fingerprint density at radius 1 is 1.28 bits per heavy atom. The molecule has 1 aromatic carbocycles. The SMILES string of the molecule is Cc1ccc(NC(=O)C(=O)N2CCC[C@@H](c3nc(C)no3)C2)c(C)c1. The summed E-state index contributed by atoms with van der Waals surface area (Å²) in [5, 5.41) is 6.51. The number of carbonyl (C=O) groups excluding carboxylic acids is 2. The Bertz CT molecular complexity index is 799. The number of amides is 2. The molecule has 0 saturated carbocycles. The summed E-state index contributed by atoms with van der Waals surface area (Å²) >= 11 is 0. The number of nitrogens with one attached hydrogen (secondary N) is 1. The Hall–Kier alpha value is -2.70. The molecule has 0 radical (unpaired) electrons. The van der Waals surface area contributed by atoms with Gasteiger partial charge >= 0.3 is 11.8 Å². The predicted octanol–water partition coefficient (Wildman–Crippen LogP) is 2.34. The van der Waals surface area contributed by atoms with Gasteiger partial charge in [-0.2, -0.15) is 4.98 Å². The maximum atomic E-state index is 12.5. The van der Waals surface area contributed by atoms with Gasteiger partial charge in [0.2, 0.25) is 5.89 Å². The van der Waals surface area contributed by atoms with Crippen molar-refractivity contribution in [3.05, 3.63) is 41.0 Å². The van der Waals surface area contributed by atoms with Crippen molar-refractivity contribution in [2.24, 2.45) is 0 Å². The van der Waals surface area contributed by atoms with Gasteiger partial charge in [0.05, 0.1) is 5.92 Å². The summed E-state index contributed by atoms with van der Waals surface area (Å²) in [5.41, 5.74) is 2.69. The normalized spacial score (nSPS) is 17.4. The van der Waals surface area contributed by atoms with Crippen molar-refractivity contribution < 1.29 is 14.1 Å². The van der Waals surface area contributed by atoms with Gasteiger partial charge in [0, 0.05) is 18.8 Å². The lowest BCUT2D eigenvalue weighted by Gasteiger charge is -2.30. The summed E-state index contributed by atoms with van der Waals surface area (Å²) in [6.07, 6.45) is 1.67. The van der Waals surface area contributed by atoms with E-state index in [2.05, 4.69) is 15.5 Å². The van der Waals surface area contributed by atoms with Crippen LogP contribution in [0.4, 0.5) is 5.69 Å². The van der Waals surface area contributed by atoms with Gasteiger partial charge in [-0.3, -0.25) is 9.59 Å². The second-order valence-electron chi connectivity index (χ2n) is 6.54. The molecule has 1 aromatic heterocycles. The van der Waals surface area contributed by atoms with E-state index in [0.717, 1.165) is 24.0 Å². The van der Waals surface area contributed by atoms with Gasteiger partial charge in [0.25, 0.3) is 0 Å². The number of aryl methyl sites for hydroxylation is 3. The second-order valence-corrected chi connectivity index (χ2v) is 6.54. The maximum absolute atomic E-state index is 12.5. The molecule has 3 rings (SSSR count). The van der Waals surface area contributed by atoms with Crippen molar-refractivity contribution >= 4 is 17.5 Å². The third-order valence-electron chi connectivity index (χ3n) is 4.43. The largest absolute Gasteiger partial charge is 0.339 e. The van der Waals surface area contributed by atoms with E-state index in [1.807, 2.05) is 32.0 Å². The topological polar surface area (TPSA) is 88.3 Å². The summed E-state index contributed by atoms with van der Waals surface area (Å²) in [5.74, 6) is -0.0566. The van der Waals surface area contributed by atoms with Crippen molar-refractivity contribution in [1.82, 2.24) is 15.0 Å². The molecule has 2 aromatic rings. The van der Waals surface area contributed by atoms with Crippen LogP contribution in [0.2, 0.25) is 0 Å². The Morgan fingerprint density at radius 3 is 2.76 bits per heavy atom. The summed E-state index contributed by atoms with van der Waals surface area (Å²) in [7, 11) is 0. The standard InChI is InChI=1S/C18H22N4O3/c1-11-6-7-15(12(2)9-11)20-16(23)18(24)22-8-4-5-14(10-22)17-19-13(3)21-25-17/h6-7,9,14H,4-5,8,10H2,1-3H3,(H,20,23)/t14-/m1/s1. The molecular formula is C18H22N4O3. The zero-order valence-electron chi connectivity index (χ0n) is 14.7. The molecule has 2 amide bonds. The minimum absolute atomic E-state index is 0.0205. The molecule has 1 saturated heterocycles. The number of nitrogens with zero attached hydrogens (tertiary/aromatic N) is 3. The first kappa shape index (κ1) is 17.1. The second kappa shape index (κ2) is 7.04. The summed E-state index contributed by atoms with van der Waals surface area (Å²) in [4.78, 5) is 30.7. The number of rotatable bonds is 2. The number of carbonyl (C=O) groups is 2. The van der Waals surface area contributed by atoms with Crippen molar-refractivity contribution in [3.8, 4) is 0 Å². The van der Waals surface area contributed by atoms with Gasteiger partial charge in [-0.25, -0.2) is 0 Å². The number of hydrogen-bond acceptors (Lipinski definition) is 5. The highest BCUT2D eigenvalue weighted by Crippen LogP contribution is 2.26. The fourth-order valence-corrected chi connectivity index (χ4v) is 3.12. The molecular weight excluding hydrogens is 320 g/mol. The molecule has 1 N–H and O–H groups in total. The minimum Gasteiger partial charge on any atom is -0.339 e. The van der Waals surface area contributed by atoms with Crippen LogP contribution in [0.1, 0.15) is 41.6 Å². The Labute approximate surface area is 146 Å². The number of anilines is 1. The quantitative estimate of drug-likeness (QED) is 0.846. The van der Waals surface area contributed by atoms with Crippen molar-refractivity contribution in [2.45, 2.75) is 39.5 Å². The lowest BCUT2D eigenvalue weighted by atomic mass is 9.98. The molecule has 1 atom stereocenters. The molecule has 0 spiro atoms. The molecule has 132 valence electrons. The Kier molecular flexibility index (Phi) is 4.83. The lowest BCUT2D eigenvalue weighted by Crippen LogP contribution is -2.44. The zero-order chi connectivity index (χ0) is 18.0. The van der Waals surface area contributed by atoms with E-state index in [0.29, 0.717) is 30.5 Å². The number of aromatic nitrogens is 2. The average Bonchev–Trinajstić information content (AvgIpc) is 3.03. The smallest absolute Gasteiger partial charge is 0.313 e. The average molecular weight is 342 g/mol. The fraction of sp³-hybridized carbons (Fsp3) is 0.444. The Balaban J connectivity index is 1.66. The molecule has 1 aliphatic rings. The van der Waals surface area contributed by atoms with Crippen LogP contribution in [0.25, 0.3) is 0 Å². The number of hydrogen-bond donors (Lipinski definition) is 1. The van der Waals surface area contributed by atoms with Crippen LogP contribution in [0.15, 0.2) is 22.7 Å². The summed E-state index contributed by atoms with van der Waals surface area (Å²) in [6, 6.07) is 5.69. The van der Waals surface area contributed by atoms with Crippen LogP contribution >= 0.6 is 0 Å². The summed E-state index contributed by atoms with van der Waals surface area (Å²) in [6.45, 7) is 6.62. The van der Waals surface area contributed by atoms with Crippen LogP contribution in [-0.4, -0.2) is 39.9 Å². The first-order valence-corrected chi connectivity index (χ1v) is 8.42. The third kappa shape index (κ3) is 3.87. The molecule has 1 fully saturated rings. The van der Waals surface area contributed by atoms with Gasteiger partial charge in [-0.05, 0) is 45.2 Å². The molecule has 2 heterocycles. The van der Waals surface area contributed by atoms with Crippen molar-refractivity contribution in [2.75, 3.05) is 18.4 Å². The van der Waals surface area contributed by atoms with Gasteiger partial charge < -0.3 is 14.7 Å². The fourth-order valence-electron chi connectivity index (χ4n) is 3.12. The first-order chi connectivity index (χ1) is 11.9. The highest BCUT2D eigenvalue weighted by atomic mass is 16.5. The van der Waals surface area contributed by atoms with Crippen LogP contribution in [0.3, 0.4) is 0 Å². The van der Waals surface area contributed by atoms with E-state index in [1.54, 1.807) is 11.8 Å². The highest BCUT2D eigenvalue weighted by molar-refractivity contribution is 6.39. The zero-order valence-corrected chi connectivity index (χ0v) is 14.7. The van der Waals surface area contributed by atoms with Crippen LogP contribution in [0.5, 0.6) is 0 Å². The van der Waals surface area contributed by atoms with Crippen LogP contribution in [-0.2, 0) is 9.59 Å². The van der Waals surface area contributed by atoms with E-state index in [1.165, 1.54) is 0 Å². The van der Waals surface area contributed by atoms with E-state index in [4.69, 9.17) is 4.52 Å². The monoisotopic (exact) mass is 342 g/mol. The third-order valence-corrected chi connectivity index (χ3v) is 4.43. The van der Waals surface area contributed by atoms with Crippen LogP contribution in [0, 0.1) is 20.8 Å². The van der Waals surface area contributed by atoms with Gasteiger partial charge in [-0.1, -0.05) is 22.9 Å². The number of piperidine rings is 1. The minimum atomic E-state index is -0.616. The van der Waals surface area contributed by atoms with E-state index >= 15 is 0 Å². The van der Waals surface area contributed by atoms with Gasteiger partial charge in [-0.15, -0.1) is 0 Å². The summed E-state index contributed by atoms with van der Waals surface area (Å²) < 4.78 is 5.22. The van der Waals surface area contributed by atoms with E-state index in [-0.39, 0.29) is 5.92 Å². The molecule has 25 heavy (non-hydrogen) atoms. The number of benzene rings is 1. The highest BCUT2D eigenvalue weighted by Gasteiger charge is 2.31. The number of likely N-dealkylation sites (tertiary alicyclic amines) is 1. The Morgan fingerprint density at radius 2 is 2.08 bits per heavy atom. The van der Waals surface area contributed by atoms with Crippen LogP contribution < -0.4 is 5.32 Å². The van der Waals surface area contributed by atoms with Crippen molar-refractivity contribution in [3.63, 3.8) is 0 Å². The van der Waals surface area contributed by atoms with Crippen molar-refractivity contribution in [1.29, 1.82) is 0 Å². The molecule has 0 aliphatic carbocycles. The van der Waals surface area contributed by atoms with Gasteiger partial charge in [0.1, 0.15) is 0 Å². The first-order valence-electron chi connectivity index (χ1n) is 8.42. The molecule has 1 aliphatic heterocycles. The lowest BCUT2D eigenvalue weighted by molar-refractivity contribution is -0.144. The maximum Gasteiger partial charge on any atom is 0.313 e. The molecule has 7 nitrogen and oxygen atoms in total.